The van der Waals surface area contributed by atoms with Gasteiger partial charge in [-0.25, -0.2) is 4.98 Å². The van der Waals surface area contributed by atoms with Gasteiger partial charge in [0.1, 0.15) is 0 Å². The quantitative estimate of drug-likeness (QED) is 0.771. The molecule has 2 aliphatic carbocycles. The van der Waals surface area contributed by atoms with Crippen LogP contribution in [0.1, 0.15) is 32.6 Å². The summed E-state index contributed by atoms with van der Waals surface area (Å²) in [7, 11) is 0. The van der Waals surface area contributed by atoms with E-state index in [1.54, 1.807) is 11.3 Å². The van der Waals surface area contributed by atoms with Gasteiger partial charge in [-0.2, -0.15) is 0 Å². The van der Waals surface area contributed by atoms with Crippen LogP contribution in [0.2, 0.25) is 0 Å². The van der Waals surface area contributed by atoms with Gasteiger partial charge in [0.2, 0.25) is 11.1 Å². The van der Waals surface area contributed by atoms with E-state index in [1.165, 1.54) is 37.4 Å². The molecule has 2 bridgehead atoms. The predicted octanol–water partition coefficient (Wildman–Crippen LogP) is 3.57. The molecular weight excluding hydrogens is 340 g/mol. The zero-order valence-electron chi connectivity index (χ0n) is 13.7. The number of amides is 1. The Labute approximate surface area is 150 Å². The van der Waals surface area contributed by atoms with Crippen LogP contribution in [-0.4, -0.2) is 32.9 Å². The first-order valence-electron chi connectivity index (χ1n) is 8.57. The van der Waals surface area contributed by atoms with E-state index in [9.17, 15) is 4.79 Å². The lowest BCUT2D eigenvalue weighted by atomic mass is 9.84. The van der Waals surface area contributed by atoms with Crippen LogP contribution in [-0.2, 0) is 4.79 Å². The molecule has 0 radical (unpaired) electrons. The molecule has 4 atom stereocenters. The summed E-state index contributed by atoms with van der Waals surface area (Å²) in [5.74, 6) is 3.64. The van der Waals surface area contributed by atoms with Crippen LogP contribution in [0, 0.1) is 17.8 Å². The second-order valence-electron chi connectivity index (χ2n) is 6.93. The summed E-state index contributed by atoms with van der Waals surface area (Å²) in [6.45, 7) is 2.16. The highest BCUT2D eigenvalue weighted by molar-refractivity contribution is 7.99. The van der Waals surface area contributed by atoms with Gasteiger partial charge < -0.3 is 5.32 Å². The van der Waals surface area contributed by atoms with Crippen molar-refractivity contribution in [3.05, 3.63) is 17.5 Å². The average Bonchev–Trinajstić information content (AvgIpc) is 3.37. The molecule has 5 nitrogen and oxygen atoms in total. The number of nitrogens with one attached hydrogen (secondary N) is 2. The number of rotatable bonds is 6. The van der Waals surface area contributed by atoms with E-state index < -0.39 is 0 Å². The van der Waals surface area contributed by atoms with Crippen LogP contribution in [0.4, 0.5) is 0 Å². The minimum Gasteiger partial charge on any atom is -0.353 e. The Kier molecular flexibility index (Phi) is 4.63. The average molecular weight is 363 g/mol. The molecule has 0 spiro atoms. The number of hydrogen-bond donors (Lipinski definition) is 2. The third-order valence-corrected chi connectivity index (χ3v) is 7.10. The van der Waals surface area contributed by atoms with E-state index in [0.717, 1.165) is 22.5 Å². The summed E-state index contributed by atoms with van der Waals surface area (Å²) in [5.41, 5.74) is 0. The fraction of sp³-hybridized carbons (Fsp3) is 0.588. The zero-order chi connectivity index (χ0) is 16.5. The fourth-order valence-electron chi connectivity index (χ4n) is 4.27. The van der Waals surface area contributed by atoms with Crippen molar-refractivity contribution in [2.45, 2.75) is 43.8 Å². The summed E-state index contributed by atoms with van der Waals surface area (Å²) in [6, 6.07) is 4.27. The monoisotopic (exact) mass is 362 g/mol. The maximum atomic E-state index is 12.2. The van der Waals surface area contributed by atoms with Crippen molar-refractivity contribution in [3.8, 4) is 10.7 Å². The van der Waals surface area contributed by atoms with E-state index in [4.69, 9.17) is 0 Å². The SMILES string of the molecule is C[C@H](NC(=O)CSc1n[nH]c(-c2cccs2)n1)[C@H]1C[C@H]2CC[C@H]1C2. The maximum absolute atomic E-state index is 12.2. The molecule has 2 aliphatic rings. The van der Waals surface area contributed by atoms with E-state index >= 15 is 0 Å². The van der Waals surface area contributed by atoms with Crippen LogP contribution in [0.3, 0.4) is 0 Å². The van der Waals surface area contributed by atoms with Crippen molar-refractivity contribution in [3.63, 3.8) is 0 Å². The van der Waals surface area contributed by atoms with Crippen molar-refractivity contribution < 1.29 is 4.79 Å². The van der Waals surface area contributed by atoms with E-state index in [1.807, 2.05) is 17.5 Å². The molecular formula is C17H22N4OS2. The Hall–Kier alpha value is -1.34. The van der Waals surface area contributed by atoms with Gasteiger partial charge in [0.05, 0.1) is 10.6 Å². The number of fused-ring (bicyclic) bond motifs is 2. The Balaban J connectivity index is 1.26. The van der Waals surface area contributed by atoms with Crippen LogP contribution in [0.5, 0.6) is 0 Å². The molecule has 0 aromatic carbocycles. The van der Waals surface area contributed by atoms with Crippen molar-refractivity contribution in [2.75, 3.05) is 5.75 Å². The molecule has 128 valence electrons. The minimum absolute atomic E-state index is 0.0812. The Morgan fingerprint density at radius 1 is 1.50 bits per heavy atom. The van der Waals surface area contributed by atoms with Crippen molar-refractivity contribution >= 4 is 29.0 Å². The van der Waals surface area contributed by atoms with E-state index in [0.29, 0.717) is 16.8 Å². The summed E-state index contributed by atoms with van der Waals surface area (Å²) < 4.78 is 0. The summed E-state index contributed by atoms with van der Waals surface area (Å²) >= 11 is 3.01. The van der Waals surface area contributed by atoms with Gasteiger partial charge in [0.25, 0.3) is 0 Å². The van der Waals surface area contributed by atoms with Gasteiger partial charge in [-0.3, -0.25) is 9.89 Å². The highest BCUT2D eigenvalue weighted by atomic mass is 32.2. The molecule has 0 aliphatic heterocycles. The highest BCUT2D eigenvalue weighted by Gasteiger charge is 2.42. The second kappa shape index (κ2) is 6.88. The summed E-state index contributed by atoms with van der Waals surface area (Å²) in [5, 5.41) is 12.9. The standard InChI is InChI=1S/C17H22N4OS2/c1-10(13-8-11-4-5-12(13)7-11)18-15(22)9-24-17-19-16(20-21-17)14-3-2-6-23-14/h2-3,6,10-13H,4-5,7-9H2,1H3,(H,18,22)(H,19,20,21)/t10-,11-,12-,13+/m0/s1. The van der Waals surface area contributed by atoms with E-state index in [-0.39, 0.29) is 11.9 Å². The highest BCUT2D eigenvalue weighted by Crippen LogP contribution is 2.49. The first-order chi connectivity index (χ1) is 11.7. The topological polar surface area (TPSA) is 70.7 Å². The van der Waals surface area contributed by atoms with Crippen LogP contribution in [0.25, 0.3) is 10.7 Å². The normalized spacial score (nSPS) is 26.6. The Morgan fingerprint density at radius 2 is 2.42 bits per heavy atom. The minimum atomic E-state index is 0.0812. The Bertz CT molecular complexity index is 699. The number of carbonyl (C=O) groups is 1. The molecule has 0 unspecified atom stereocenters. The van der Waals surface area contributed by atoms with Gasteiger partial charge in [0.15, 0.2) is 5.82 Å². The second-order valence-corrected chi connectivity index (χ2v) is 8.82. The van der Waals surface area contributed by atoms with Gasteiger partial charge in [0, 0.05) is 6.04 Å². The predicted molar refractivity (Wildman–Crippen MR) is 97.0 cm³/mol. The van der Waals surface area contributed by atoms with Gasteiger partial charge in [-0.1, -0.05) is 24.2 Å². The molecule has 2 heterocycles. The molecule has 0 saturated heterocycles. The summed E-state index contributed by atoms with van der Waals surface area (Å²) in [4.78, 5) is 17.7. The number of hydrogen-bond acceptors (Lipinski definition) is 5. The lowest BCUT2D eigenvalue weighted by molar-refractivity contribution is -0.119. The largest absolute Gasteiger partial charge is 0.353 e. The van der Waals surface area contributed by atoms with Crippen molar-refractivity contribution in [1.29, 1.82) is 0 Å². The molecule has 2 aromatic rings. The molecule has 2 N–H and O–H groups in total. The van der Waals surface area contributed by atoms with Gasteiger partial charge in [-0.15, -0.1) is 16.4 Å². The maximum Gasteiger partial charge on any atom is 0.230 e. The first-order valence-corrected chi connectivity index (χ1v) is 10.4. The van der Waals surface area contributed by atoms with Crippen LogP contribution < -0.4 is 5.32 Å². The number of thiophene rings is 1. The van der Waals surface area contributed by atoms with Crippen LogP contribution >= 0.6 is 23.1 Å². The van der Waals surface area contributed by atoms with Gasteiger partial charge >= 0.3 is 0 Å². The lowest BCUT2D eigenvalue weighted by Crippen LogP contribution is -2.40. The number of H-pyrrole nitrogens is 1. The number of nitrogens with zero attached hydrogens (tertiary/aromatic N) is 2. The molecule has 2 fully saturated rings. The molecule has 2 saturated carbocycles. The number of aromatic amines is 1. The Morgan fingerprint density at radius 3 is 3.12 bits per heavy atom. The number of aromatic nitrogens is 3. The zero-order valence-corrected chi connectivity index (χ0v) is 15.3. The first kappa shape index (κ1) is 16.1. The van der Waals surface area contributed by atoms with Crippen molar-refractivity contribution in [1.82, 2.24) is 20.5 Å². The smallest absolute Gasteiger partial charge is 0.230 e. The van der Waals surface area contributed by atoms with Gasteiger partial charge in [-0.05, 0) is 55.4 Å². The van der Waals surface area contributed by atoms with Crippen LogP contribution in [0.15, 0.2) is 22.7 Å². The fourth-order valence-corrected chi connectivity index (χ4v) is 5.55. The van der Waals surface area contributed by atoms with Crippen molar-refractivity contribution in [2.24, 2.45) is 17.8 Å². The summed E-state index contributed by atoms with van der Waals surface area (Å²) in [6.07, 6.45) is 5.43. The molecule has 2 aromatic heterocycles. The molecule has 1 amide bonds. The number of thioether (sulfide) groups is 1. The molecule has 4 rings (SSSR count). The molecule has 7 heteroatoms. The lowest BCUT2D eigenvalue weighted by Gasteiger charge is -2.28. The van der Waals surface area contributed by atoms with E-state index in [2.05, 4.69) is 27.4 Å². The molecule has 24 heavy (non-hydrogen) atoms. The third-order valence-electron chi connectivity index (χ3n) is 5.38. The third kappa shape index (κ3) is 3.37. The number of carbonyl (C=O) groups excluding carboxylic acids is 1.